The highest BCUT2D eigenvalue weighted by molar-refractivity contribution is 8.00. The molecule has 2 saturated carbocycles. The van der Waals surface area contributed by atoms with Crippen LogP contribution in [0, 0.1) is 0 Å². The molecule has 0 aromatic carbocycles. The van der Waals surface area contributed by atoms with Crippen LogP contribution in [0.2, 0.25) is 0 Å². The minimum Gasteiger partial charge on any atom is -0.381 e. The normalized spacial score (nSPS) is 32.3. The lowest BCUT2D eigenvalue weighted by Gasteiger charge is -2.38. The highest BCUT2D eigenvalue weighted by Gasteiger charge is 2.32. The van der Waals surface area contributed by atoms with E-state index in [0.717, 1.165) is 0 Å². The van der Waals surface area contributed by atoms with E-state index in [2.05, 4.69) is 23.3 Å². The highest BCUT2D eigenvalue weighted by Crippen LogP contribution is 2.38. The maximum absolute atomic E-state index is 5.52. The molecule has 18 heavy (non-hydrogen) atoms. The van der Waals surface area contributed by atoms with E-state index >= 15 is 0 Å². The van der Waals surface area contributed by atoms with Crippen molar-refractivity contribution >= 4 is 11.8 Å². The fraction of sp³-hybridized carbons (Fsp3) is 1.00. The van der Waals surface area contributed by atoms with Gasteiger partial charge in [0.1, 0.15) is 0 Å². The minimum absolute atomic E-state index is 0.493. The zero-order valence-electron chi connectivity index (χ0n) is 12.0. The molecule has 2 aliphatic rings. The molecule has 1 N–H and O–H groups in total. The van der Waals surface area contributed by atoms with E-state index in [9.17, 15) is 0 Å². The molecule has 0 saturated heterocycles. The summed E-state index contributed by atoms with van der Waals surface area (Å²) in [5, 5.41) is 3.85. The predicted molar refractivity (Wildman–Crippen MR) is 80.4 cm³/mol. The summed E-state index contributed by atoms with van der Waals surface area (Å²) in [6, 6.07) is 0.689. The quantitative estimate of drug-likeness (QED) is 0.825. The number of methoxy groups -OCH3 is 1. The maximum Gasteiger partial charge on any atom is 0.0586 e. The van der Waals surface area contributed by atoms with E-state index in [0.29, 0.717) is 16.9 Å². The van der Waals surface area contributed by atoms with Gasteiger partial charge in [-0.2, -0.15) is 11.8 Å². The molecular weight excluding hydrogens is 242 g/mol. The third-order valence-electron chi connectivity index (χ3n) is 4.87. The van der Waals surface area contributed by atoms with Crippen molar-refractivity contribution in [3.05, 3.63) is 0 Å². The first kappa shape index (κ1) is 14.7. The average molecular weight is 271 g/mol. The third-order valence-corrected chi connectivity index (χ3v) is 6.29. The smallest absolute Gasteiger partial charge is 0.0586 e. The number of hydrogen-bond donors (Lipinski definition) is 1. The summed E-state index contributed by atoms with van der Waals surface area (Å²) in [5.74, 6) is 0. The van der Waals surface area contributed by atoms with Gasteiger partial charge in [0, 0.05) is 24.4 Å². The molecule has 0 radical (unpaired) electrons. The standard InChI is InChI=1S/C15H29NOS/c1-17-14-8-6-7-13(11-14)16-12-15(18-2)9-4-3-5-10-15/h13-14,16H,3-12H2,1-2H3. The summed E-state index contributed by atoms with van der Waals surface area (Å²) >= 11 is 2.09. The Labute approximate surface area is 117 Å². The van der Waals surface area contributed by atoms with Crippen LogP contribution < -0.4 is 5.32 Å². The van der Waals surface area contributed by atoms with Gasteiger partial charge < -0.3 is 10.1 Å². The molecule has 0 heterocycles. The Balaban J connectivity index is 1.78. The molecule has 2 rings (SSSR count). The van der Waals surface area contributed by atoms with Crippen LogP contribution in [-0.4, -0.2) is 36.8 Å². The van der Waals surface area contributed by atoms with Crippen molar-refractivity contribution in [3.8, 4) is 0 Å². The second-order valence-corrected chi connectivity index (χ2v) is 7.32. The van der Waals surface area contributed by atoms with Crippen molar-refractivity contribution in [1.29, 1.82) is 0 Å². The van der Waals surface area contributed by atoms with E-state index in [1.165, 1.54) is 64.3 Å². The summed E-state index contributed by atoms with van der Waals surface area (Å²) in [5.41, 5.74) is 0. The van der Waals surface area contributed by atoms with Gasteiger partial charge in [0.05, 0.1) is 6.10 Å². The Morgan fingerprint density at radius 3 is 2.61 bits per heavy atom. The Bertz CT molecular complexity index is 241. The van der Waals surface area contributed by atoms with E-state index in [1.807, 2.05) is 7.11 Å². The van der Waals surface area contributed by atoms with E-state index in [4.69, 9.17) is 4.74 Å². The zero-order valence-corrected chi connectivity index (χ0v) is 12.9. The van der Waals surface area contributed by atoms with E-state index < -0.39 is 0 Å². The van der Waals surface area contributed by atoms with Gasteiger partial charge in [0.25, 0.3) is 0 Å². The van der Waals surface area contributed by atoms with Crippen LogP contribution in [0.1, 0.15) is 57.8 Å². The van der Waals surface area contributed by atoms with Gasteiger partial charge in [-0.15, -0.1) is 0 Å². The monoisotopic (exact) mass is 271 g/mol. The van der Waals surface area contributed by atoms with Gasteiger partial charge in [0.15, 0.2) is 0 Å². The first-order chi connectivity index (χ1) is 8.78. The molecule has 0 spiro atoms. The fourth-order valence-electron chi connectivity index (χ4n) is 3.52. The molecule has 3 heteroatoms. The van der Waals surface area contributed by atoms with Crippen molar-refractivity contribution in [2.24, 2.45) is 0 Å². The molecule has 0 aromatic heterocycles. The van der Waals surface area contributed by atoms with E-state index in [-0.39, 0.29) is 0 Å². The molecule has 0 aliphatic heterocycles. The molecular formula is C15H29NOS. The Morgan fingerprint density at radius 2 is 1.94 bits per heavy atom. The molecule has 2 atom stereocenters. The third kappa shape index (κ3) is 3.88. The van der Waals surface area contributed by atoms with Crippen LogP contribution in [0.15, 0.2) is 0 Å². The molecule has 0 bridgehead atoms. The van der Waals surface area contributed by atoms with Crippen LogP contribution in [0.4, 0.5) is 0 Å². The van der Waals surface area contributed by atoms with Crippen molar-refractivity contribution in [3.63, 3.8) is 0 Å². The molecule has 0 amide bonds. The predicted octanol–water partition coefficient (Wildman–Crippen LogP) is 3.60. The Kier molecular flexibility index (Phi) is 5.84. The van der Waals surface area contributed by atoms with Crippen LogP contribution >= 0.6 is 11.8 Å². The average Bonchev–Trinajstić information content (AvgIpc) is 2.46. The molecule has 2 aliphatic carbocycles. The van der Waals surface area contributed by atoms with Crippen LogP contribution in [-0.2, 0) is 4.74 Å². The van der Waals surface area contributed by atoms with Crippen LogP contribution in [0.3, 0.4) is 0 Å². The lowest BCUT2D eigenvalue weighted by atomic mass is 9.87. The van der Waals surface area contributed by atoms with E-state index in [1.54, 1.807) is 0 Å². The van der Waals surface area contributed by atoms with Gasteiger partial charge >= 0.3 is 0 Å². The lowest BCUT2D eigenvalue weighted by molar-refractivity contribution is 0.0582. The Morgan fingerprint density at radius 1 is 1.17 bits per heavy atom. The number of rotatable bonds is 5. The van der Waals surface area contributed by atoms with Crippen molar-refractivity contribution in [2.45, 2.75) is 74.7 Å². The Hall–Kier alpha value is 0.270. The van der Waals surface area contributed by atoms with Gasteiger partial charge in [-0.3, -0.25) is 0 Å². The summed E-state index contributed by atoms with van der Waals surface area (Å²) in [7, 11) is 1.86. The van der Waals surface area contributed by atoms with Crippen LogP contribution in [0.5, 0.6) is 0 Å². The summed E-state index contributed by atoms with van der Waals surface area (Å²) in [4.78, 5) is 0. The van der Waals surface area contributed by atoms with Gasteiger partial charge in [-0.1, -0.05) is 19.3 Å². The summed E-state index contributed by atoms with van der Waals surface area (Å²) < 4.78 is 6.05. The first-order valence-corrected chi connectivity index (χ1v) is 8.82. The van der Waals surface area contributed by atoms with Gasteiger partial charge in [0.2, 0.25) is 0 Å². The van der Waals surface area contributed by atoms with Crippen molar-refractivity contribution in [1.82, 2.24) is 5.32 Å². The van der Waals surface area contributed by atoms with Gasteiger partial charge in [-0.05, 0) is 44.8 Å². The summed E-state index contributed by atoms with van der Waals surface area (Å²) in [6.45, 7) is 1.20. The summed E-state index contributed by atoms with van der Waals surface area (Å²) in [6.07, 6.45) is 15.0. The molecule has 106 valence electrons. The van der Waals surface area contributed by atoms with Gasteiger partial charge in [-0.25, -0.2) is 0 Å². The minimum atomic E-state index is 0.493. The number of nitrogens with one attached hydrogen (secondary N) is 1. The number of hydrogen-bond acceptors (Lipinski definition) is 3. The second kappa shape index (κ2) is 7.16. The topological polar surface area (TPSA) is 21.3 Å². The molecule has 0 aromatic rings. The second-order valence-electron chi connectivity index (χ2n) is 6.05. The SMILES string of the molecule is COC1CCCC(NCC2(SC)CCCCC2)C1. The largest absolute Gasteiger partial charge is 0.381 e. The molecule has 2 nitrogen and oxygen atoms in total. The highest BCUT2D eigenvalue weighted by atomic mass is 32.2. The maximum atomic E-state index is 5.52. The zero-order chi connectivity index (χ0) is 12.8. The first-order valence-electron chi connectivity index (χ1n) is 7.59. The lowest BCUT2D eigenvalue weighted by Crippen LogP contribution is -2.45. The van der Waals surface area contributed by atoms with Crippen LogP contribution in [0.25, 0.3) is 0 Å². The van der Waals surface area contributed by atoms with Crippen molar-refractivity contribution < 1.29 is 4.74 Å². The number of ether oxygens (including phenoxy) is 1. The molecule has 2 unspecified atom stereocenters. The van der Waals surface area contributed by atoms with Crippen molar-refractivity contribution in [2.75, 3.05) is 19.9 Å². The molecule has 2 fully saturated rings. The fourth-order valence-corrected chi connectivity index (χ4v) is 4.45. The number of thioether (sulfide) groups is 1.